The van der Waals surface area contributed by atoms with Gasteiger partial charge in [-0.15, -0.1) is 5.10 Å². The van der Waals surface area contributed by atoms with Gasteiger partial charge < -0.3 is 11.1 Å². The van der Waals surface area contributed by atoms with Crippen LogP contribution < -0.4 is 11.1 Å². The number of halogens is 1. The van der Waals surface area contributed by atoms with E-state index in [1.165, 1.54) is 12.1 Å². The van der Waals surface area contributed by atoms with E-state index in [9.17, 15) is 4.39 Å². The van der Waals surface area contributed by atoms with Gasteiger partial charge in [0.15, 0.2) is 11.2 Å². The predicted octanol–water partition coefficient (Wildman–Crippen LogP) is 2.03. The second kappa shape index (κ2) is 6.12. The van der Waals surface area contributed by atoms with Gasteiger partial charge >= 0.3 is 0 Å². The van der Waals surface area contributed by atoms with Crippen molar-refractivity contribution in [3.63, 3.8) is 0 Å². The lowest BCUT2D eigenvalue weighted by atomic mass is 9.92. The van der Waals surface area contributed by atoms with E-state index in [-0.39, 0.29) is 5.82 Å². The molecule has 1 saturated carbocycles. The fourth-order valence-electron chi connectivity index (χ4n) is 3.00. The maximum absolute atomic E-state index is 13.1. The second-order valence-electron chi connectivity index (χ2n) is 6.14. The highest BCUT2D eigenvalue weighted by Gasteiger charge is 2.19. The molecule has 24 heavy (non-hydrogen) atoms. The first-order valence-corrected chi connectivity index (χ1v) is 8.05. The van der Waals surface area contributed by atoms with E-state index in [4.69, 9.17) is 5.73 Å². The average Bonchev–Trinajstić information content (AvgIpc) is 3.01. The third kappa shape index (κ3) is 2.92. The maximum atomic E-state index is 13.1. The number of benzene rings is 1. The van der Waals surface area contributed by atoms with Crippen LogP contribution in [0, 0.1) is 5.82 Å². The highest BCUT2D eigenvalue weighted by atomic mass is 19.1. The minimum Gasteiger partial charge on any atom is -0.351 e. The summed E-state index contributed by atoms with van der Waals surface area (Å²) in [5.41, 5.74) is 7.82. The number of aromatic nitrogens is 5. The predicted molar refractivity (Wildman–Crippen MR) is 88.3 cm³/mol. The third-order valence-electron chi connectivity index (χ3n) is 4.37. The molecule has 0 atom stereocenters. The molecule has 8 heteroatoms. The maximum Gasteiger partial charge on any atom is 0.225 e. The summed E-state index contributed by atoms with van der Waals surface area (Å²) in [4.78, 5) is 8.85. The van der Waals surface area contributed by atoms with Gasteiger partial charge in [-0.2, -0.15) is 9.67 Å². The standard InChI is InChI=1S/C16H18FN7/c17-10-1-7-13(8-2-10)24-15-14(22-23-24)9-19-16(21-15)20-12-5-3-11(18)4-6-12/h1-2,7-9,11-12H,3-6,18H2,(H,19,20,21). The van der Waals surface area contributed by atoms with Crippen molar-refractivity contribution < 1.29 is 4.39 Å². The molecule has 1 fully saturated rings. The summed E-state index contributed by atoms with van der Waals surface area (Å²) in [5.74, 6) is 0.254. The van der Waals surface area contributed by atoms with Crippen LogP contribution in [0.25, 0.3) is 16.9 Å². The van der Waals surface area contributed by atoms with E-state index in [1.54, 1.807) is 23.0 Å². The fourth-order valence-corrected chi connectivity index (χ4v) is 3.00. The number of hydrogen-bond donors (Lipinski definition) is 2. The molecule has 0 spiro atoms. The summed E-state index contributed by atoms with van der Waals surface area (Å²) in [6, 6.07) is 6.68. The minimum absolute atomic E-state index is 0.296. The largest absolute Gasteiger partial charge is 0.351 e. The Bertz CT molecular complexity index is 837. The monoisotopic (exact) mass is 327 g/mol. The summed E-state index contributed by atoms with van der Waals surface area (Å²) < 4.78 is 14.7. The summed E-state index contributed by atoms with van der Waals surface area (Å²) in [7, 11) is 0. The third-order valence-corrected chi connectivity index (χ3v) is 4.37. The van der Waals surface area contributed by atoms with Crippen molar-refractivity contribution in [3.8, 4) is 5.69 Å². The molecule has 4 rings (SSSR count). The number of nitrogens with zero attached hydrogens (tertiary/aromatic N) is 5. The molecule has 0 bridgehead atoms. The van der Waals surface area contributed by atoms with Crippen LogP contribution in [-0.4, -0.2) is 37.0 Å². The first-order valence-electron chi connectivity index (χ1n) is 8.05. The van der Waals surface area contributed by atoms with Gasteiger partial charge in [0.2, 0.25) is 5.95 Å². The number of nitrogens with two attached hydrogens (primary N) is 1. The van der Waals surface area contributed by atoms with Crippen LogP contribution in [0.4, 0.5) is 10.3 Å². The van der Waals surface area contributed by atoms with Gasteiger partial charge in [0, 0.05) is 12.1 Å². The number of anilines is 1. The normalized spacial score (nSPS) is 21.1. The molecule has 3 aromatic rings. The molecule has 0 radical (unpaired) electrons. The average molecular weight is 327 g/mol. The fraction of sp³-hybridized carbons (Fsp3) is 0.375. The van der Waals surface area contributed by atoms with Crippen molar-refractivity contribution in [2.24, 2.45) is 5.73 Å². The molecule has 0 unspecified atom stereocenters. The molecule has 3 N–H and O–H groups in total. The van der Waals surface area contributed by atoms with E-state index in [0.717, 1.165) is 25.7 Å². The van der Waals surface area contributed by atoms with Gasteiger partial charge in [0.05, 0.1) is 11.9 Å². The van der Waals surface area contributed by atoms with Gasteiger partial charge in [-0.05, 0) is 49.9 Å². The number of nitrogens with one attached hydrogen (secondary N) is 1. The molecule has 0 saturated heterocycles. The van der Waals surface area contributed by atoms with Gasteiger partial charge in [-0.1, -0.05) is 5.21 Å². The summed E-state index contributed by atoms with van der Waals surface area (Å²) in [6.07, 6.45) is 5.69. The van der Waals surface area contributed by atoms with Crippen LogP contribution in [0.15, 0.2) is 30.5 Å². The summed E-state index contributed by atoms with van der Waals surface area (Å²) in [6.45, 7) is 0. The quantitative estimate of drug-likeness (QED) is 0.764. The van der Waals surface area contributed by atoms with Crippen LogP contribution in [0.5, 0.6) is 0 Å². The highest BCUT2D eigenvalue weighted by molar-refractivity contribution is 5.71. The zero-order valence-corrected chi connectivity index (χ0v) is 13.1. The molecule has 2 heterocycles. The van der Waals surface area contributed by atoms with Crippen LogP contribution >= 0.6 is 0 Å². The Kier molecular flexibility index (Phi) is 3.81. The van der Waals surface area contributed by atoms with Crippen LogP contribution in [0.3, 0.4) is 0 Å². The Hall–Kier alpha value is -2.61. The molecule has 7 nitrogen and oxygen atoms in total. The molecule has 124 valence electrons. The van der Waals surface area contributed by atoms with Crippen molar-refractivity contribution >= 4 is 17.1 Å². The molecule has 0 aliphatic heterocycles. The zero-order valence-electron chi connectivity index (χ0n) is 13.1. The van der Waals surface area contributed by atoms with Crippen molar-refractivity contribution in [2.75, 3.05) is 5.32 Å². The first kappa shape index (κ1) is 14.9. The van der Waals surface area contributed by atoms with Gasteiger partial charge in [0.1, 0.15) is 5.82 Å². The number of fused-ring (bicyclic) bond motifs is 1. The van der Waals surface area contributed by atoms with E-state index >= 15 is 0 Å². The van der Waals surface area contributed by atoms with E-state index < -0.39 is 0 Å². The van der Waals surface area contributed by atoms with Gasteiger partial charge in [0.25, 0.3) is 0 Å². The van der Waals surface area contributed by atoms with Crippen LogP contribution in [0.2, 0.25) is 0 Å². The van der Waals surface area contributed by atoms with E-state index in [2.05, 4.69) is 25.6 Å². The van der Waals surface area contributed by atoms with Gasteiger partial charge in [-0.3, -0.25) is 0 Å². The van der Waals surface area contributed by atoms with Crippen molar-refractivity contribution in [2.45, 2.75) is 37.8 Å². The molecular weight excluding hydrogens is 309 g/mol. The molecular formula is C16H18FN7. The lowest BCUT2D eigenvalue weighted by Gasteiger charge is -2.26. The second-order valence-corrected chi connectivity index (χ2v) is 6.14. The summed E-state index contributed by atoms with van der Waals surface area (Å²) in [5, 5.41) is 11.5. The van der Waals surface area contributed by atoms with Crippen molar-refractivity contribution in [3.05, 3.63) is 36.3 Å². The van der Waals surface area contributed by atoms with Crippen molar-refractivity contribution in [1.29, 1.82) is 0 Å². The Morgan fingerprint density at radius 2 is 1.88 bits per heavy atom. The van der Waals surface area contributed by atoms with E-state index in [1.807, 2.05) is 0 Å². The number of hydrogen-bond acceptors (Lipinski definition) is 6. The molecule has 1 aliphatic carbocycles. The Labute approximate surface area is 138 Å². The topological polar surface area (TPSA) is 94.5 Å². The Morgan fingerprint density at radius 1 is 1.12 bits per heavy atom. The lowest BCUT2D eigenvalue weighted by molar-refractivity contribution is 0.410. The molecule has 2 aromatic heterocycles. The van der Waals surface area contributed by atoms with Crippen LogP contribution in [-0.2, 0) is 0 Å². The Morgan fingerprint density at radius 3 is 2.62 bits per heavy atom. The minimum atomic E-state index is -0.296. The van der Waals surface area contributed by atoms with Gasteiger partial charge in [-0.25, -0.2) is 9.37 Å². The SMILES string of the molecule is NC1CCC(Nc2ncc3nnn(-c4ccc(F)cc4)c3n2)CC1. The van der Waals surface area contributed by atoms with E-state index in [0.29, 0.717) is 34.9 Å². The molecule has 1 aromatic carbocycles. The van der Waals surface area contributed by atoms with Crippen molar-refractivity contribution in [1.82, 2.24) is 25.0 Å². The molecule has 0 amide bonds. The molecule has 1 aliphatic rings. The summed E-state index contributed by atoms with van der Waals surface area (Å²) >= 11 is 0. The lowest BCUT2D eigenvalue weighted by Crippen LogP contribution is -2.33. The van der Waals surface area contributed by atoms with Crippen LogP contribution in [0.1, 0.15) is 25.7 Å². The first-order chi connectivity index (χ1) is 11.7. The number of rotatable bonds is 3. The highest BCUT2D eigenvalue weighted by Crippen LogP contribution is 2.21. The smallest absolute Gasteiger partial charge is 0.225 e. The zero-order chi connectivity index (χ0) is 16.5. The Balaban J connectivity index is 1.62.